The zero-order valence-corrected chi connectivity index (χ0v) is 11.3. The molecule has 1 saturated carbocycles. The number of ether oxygens (including phenoxy) is 1. The Labute approximate surface area is 116 Å². The molecule has 2 N–H and O–H groups in total. The molecule has 1 fully saturated rings. The first kappa shape index (κ1) is 13.7. The van der Waals surface area contributed by atoms with Crippen molar-refractivity contribution in [2.75, 3.05) is 19.4 Å². The summed E-state index contributed by atoms with van der Waals surface area (Å²) in [5.41, 5.74) is 6.18. The van der Waals surface area contributed by atoms with E-state index in [1.165, 1.54) is 18.2 Å². The molecule has 0 spiro atoms. The van der Waals surface area contributed by atoms with Gasteiger partial charge < -0.3 is 15.4 Å². The summed E-state index contributed by atoms with van der Waals surface area (Å²) in [5, 5.41) is 0.376. The lowest BCUT2D eigenvalue weighted by atomic mass is 10.2. The second-order valence-corrected chi connectivity index (χ2v) is 4.96. The quantitative estimate of drug-likeness (QED) is 0.674. The minimum Gasteiger partial charge on any atom is -0.452 e. The van der Waals surface area contributed by atoms with E-state index in [1.54, 1.807) is 11.9 Å². The molecule has 0 radical (unpaired) electrons. The first-order valence-electron chi connectivity index (χ1n) is 5.97. The van der Waals surface area contributed by atoms with Crippen LogP contribution in [-0.2, 0) is 9.53 Å². The molecule has 0 unspecified atom stereocenters. The Balaban J connectivity index is 1.89. The van der Waals surface area contributed by atoms with Crippen LogP contribution >= 0.6 is 11.6 Å². The Morgan fingerprint density at radius 2 is 2.16 bits per heavy atom. The zero-order valence-electron chi connectivity index (χ0n) is 10.6. The lowest BCUT2D eigenvalue weighted by Gasteiger charge is -2.15. The average Bonchev–Trinajstić information content (AvgIpc) is 3.22. The molecule has 19 heavy (non-hydrogen) atoms. The van der Waals surface area contributed by atoms with Gasteiger partial charge in [-0.2, -0.15) is 0 Å². The molecule has 1 amide bonds. The predicted octanol–water partition coefficient (Wildman–Crippen LogP) is 1.70. The summed E-state index contributed by atoms with van der Waals surface area (Å²) in [4.78, 5) is 25.0. The highest BCUT2D eigenvalue weighted by molar-refractivity contribution is 6.33. The number of carbonyl (C=O) groups is 2. The number of nitrogens with two attached hydrogens (primary N) is 1. The molecule has 0 heterocycles. The molecule has 0 atom stereocenters. The summed E-state index contributed by atoms with van der Waals surface area (Å²) >= 11 is 5.76. The van der Waals surface area contributed by atoms with Gasteiger partial charge in [-0.15, -0.1) is 0 Å². The molecule has 0 saturated heterocycles. The van der Waals surface area contributed by atoms with Gasteiger partial charge in [0, 0.05) is 13.1 Å². The van der Waals surface area contributed by atoms with Crippen LogP contribution in [0.2, 0.25) is 5.02 Å². The minimum absolute atomic E-state index is 0.196. The third kappa shape index (κ3) is 3.38. The Morgan fingerprint density at radius 1 is 1.47 bits per heavy atom. The summed E-state index contributed by atoms with van der Waals surface area (Å²) in [5.74, 6) is -0.779. The van der Waals surface area contributed by atoms with Crippen molar-refractivity contribution < 1.29 is 14.3 Å². The van der Waals surface area contributed by atoms with E-state index in [9.17, 15) is 9.59 Å². The third-order valence-electron chi connectivity index (χ3n) is 3.05. The van der Waals surface area contributed by atoms with E-state index >= 15 is 0 Å². The van der Waals surface area contributed by atoms with Crippen LogP contribution in [0.5, 0.6) is 0 Å². The number of amides is 1. The molecule has 2 rings (SSSR count). The van der Waals surface area contributed by atoms with Crippen LogP contribution in [0.4, 0.5) is 5.69 Å². The average molecular weight is 283 g/mol. The lowest BCUT2D eigenvalue weighted by molar-refractivity contribution is -0.133. The van der Waals surface area contributed by atoms with E-state index in [0.29, 0.717) is 16.8 Å². The Morgan fingerprint density at radius 3 is 2.74 bits per heavy atom. The second kappa shape index (κ2) is 5.48. The summed E-state index contributed by atoms with van der Waals surface area (Å²) in [7, 11) is 1.72. The molecule has 0 aliphatic heterocycles. The number of rotatable bonds is 4. The van der Waals surface area contributed by atoms with Crippen molar-refractivity contribution in [3.63, 3.8) is 0 Å². The van der Waals surface area contributed by atoms with Crippen LogP contribution in [-0.4, -0.2) is 36.5 Å². The molecule has 1 aliphatic carbocycles. The summed E-state index contributed by atoms with van der Waals surface area (Å²) in [6, 6.07) is 4.76. The number of anilines is 1. The van der Waals surface area contributed by atoms with Gasteiger partial charge in [-0.05, 0) is 31.0 Å². The highest BCUT2D eigenvalue weighted by atomic mass is 35.5. The standard InChI is InChI=1S/C13H15ClN2O3/c1-16(9-3-4-9)12(17)7-19-13(18)8-2-5-10(14)11(15)6-8/h2,5-6,9H,3-4,7,15H2,1H3. The maximum Gasteiger partial charge on any atom is 0.338 e. The molecule has 1 aliphatic rings. The Kier molecular flexibility index (Phi) is 3.95. The normalized spacial score (nSPS) is 14.0. The number of nitrogen functional groups attached to an aromatic ring is 1. The number of esters is 1. The van der Waals surface area contributed by atoms with Crippen molar-refractivity contribution in [1.82, 2.24) is 4.90 Å². The summed E-state index contributed by atoms with van der Waals surface area (Å²) in [6.07, 6.45) is 2.04. The van der Waals surface area contributed by atoms with Gasteiger partial charge in [0.05, 0.1) is 16.3 Å². The SMILES string of the molecule is CN(C(=O)COC(=O)c1ccc(Cl)c(N)c1)C1CC1. The first-order chi connectivity index (χ1) is 8.99. The van der Waals surface area contributed by atoms with E-state index in [4.69, 9.17) is 22.1 Å². The number of halogens is 1. The number of hydrogen-bond donors (Lipinski definition) is 1. The number of hydrogen-bond acceptors (Lipinski definition) is 4. The third-order valence-corrected chi connectivity index (χ3v) is 3.39. The molecule has 1 aromatic rings. The predicted molar refractivity (Wildman–Crippen MR) is 71.9 cm³/mol. The monoisotopic (exact) mass is 282 g/mol. The van der Waals surface area contributed by atoms with Gasteiger partial charge in [-0.1, -0.05) is 11.6 Å². The van der Waals surface area contributed by atoms with E-state index in [1.807, 2.05) is 0 Å². The minimum atomic E-state index is -0.582. The number of likely N-dealkylation sites (N-methyl/N-ethyl adjacent to an activating group) is 1. The lowest BCUT2D eigenvalue weighted by Crippen LogP contribution is -2.32. The van der Waals surface area contributed by atoms with Crippen molar-refractivity contribution in [3.8, 4) is 0 Å². The highest BCUT2D eigenvalue weighted by Crippen LogP contribution is 2.25. The number of benzene rings is 1. The van der Waals surface area contributed by atoms with E-state index in [0.717, 1.165) is 12.8 Å². The summed E-state index contributed by atoms with van der Waals surface area (Å²) in [6.45, 7) is -0.256. The molecule has 0 aromatic heterocycles. The Hall–Kier alpha value is -1.75. The first-order valence-corrected chi connectivity index (χ1v) is 6.34. The summed E-state index contributed by atoms with van der Waals surface area (Å²) < 4.78 is 4.96. The fourth-order valence-electron chi connectivity index (χ4n) is 1.65. The topological polar surface area (TPSA) is 72.6 Å². The highest BCUT2D eigenvalue weighted by Gasteiger charge is 2.29. The van der Waals surface area contributed by atoms with Crippen molar-refractivity contribution in [1.29, 1.82) is 0 Å². The molecule has 1 aromatic carbocycles. The molecule has 5 nitrogen and oxygen atoms in total. The van der Waals surface area contributed by atoms with Gasteiger partial charge in [-0.25, -0.2) is 4.79 Å². The maximum absolute atomic E-state index is 11.7. The smallest absolute Gasteiger partial charge is 0.338 e. The van der Waals surface area contributed by atoms with Gasteiger partial charge >= 0.3 is 5.97 Å². The molecular formula is C13H15ClN2O3. The van der Waals surface area contributed by atoms with Crippen LogP contribution in [0.1, 0.15) is 23.2 Å². The van der Waals surface area contributed by atoms with Gasteiger partial charge in [-0.3, -0.25) is 4.79 Å². The van der Waals surface area contributed by atoms with Crippen LogP contribution in [0, 0.1) is 0 Å². The van der Waals surface area contributed by atoms with Gasteiger partial charge in [0.15, 0.2) is 6.61 Å². The van der Waals surface area contributed by atoms with Gasteiger partial charge in [0.2, 0.25) is 0 Å². The number of nitrogens with zero attached hydrogens (tertiary/aromatic N) is 1. The second-order valence-electron chi connectivity index (χ2n) is 4.55. The van der Waals surface area contributed by atoms with Crippen LogP contribution < -0.4 is 5.73 Å². The zero-order chi connectivity index (χ0) is 14.0. The van der Waals surface area contributed by atoms with Crippen LogP contribution in [0.15, 0.2) is 18.2 Å². The van der Waals surface area contributed by atoms with E-state index in [-0.39, 0.29) is 18.1 Å². The molecular weight excluding hydrogens is 268 g/mol. The van der Waals surface area contributed by atoms with Crippen molar-refractivity contribution in [2.24, 2.45) is 0 Å². The van der Waals surface area contributed by atoms with E-state index < -0.39 is 5.97 Å². The van der Waals surface area contributed by atoms with Crippen molar-refractivity contribution >= 4 is 29.2 Å². The molecule has 6 heteroatoms. The van der Waals surface area contributed by atoms with E-state index in [2.05, 4.69) is 0 Å². The van der Waals surface area contributed by atoms with Crippen molar-refractivity contribution in [3.05, 3.63) is 28.8 Å². The van der Waals surface area contributed by atoms with Gasteiger partial charge in [0.25, 0.3) is 5.91 Å². The van der Waals surface area contributed by atoms with Crippen LogP contribution in [0.25, 0.3) is 0 Å². The van der Waals surface area contributed by atoms with Crippen LogP contribution in [0.3, 0.4) is 0 Å². The van der Waals surface area contributed by atoms with Crippen molar-refractivity contribution in [2.45, 2.75) is 18.9 Å². The maximum atomic E-state index is 11.7. The fraction of sp³-hybridized carbons (Fsp3) is 0.385. The molecule has 102 valence electrons. The fourth-order valence-corrected chi connectivity index (χ4v) is 1.77. The largest absolute Gasteiger partial charge is 0.452 e. The molecule has 0 bridgehead atoms. The number of carbonyl (C=O) groups excluding carboxylic acids is 2. The van der Waals surface area contributed by atoms with Gasteiger partial charge in [0.1, 0.15) is 0 Å². The Bertz CT molecular complexity index is 515.